The topological polar surface area (TPSA) is 41.4 Å². The first-order valence-electron chi connectivity index (χ1n) is 8.45. The van der Waals surface area contributed by atoms with Gasteiger partial charge in [0.2, 0.25) is 0 Å². The molecule has 1 aromatic carbocycles. The Balaban J connectivity index is 1.53. The quantitative estimate of drug-likeness (QED) is 0.614. The molecule has 3 aromatic rings. The van der Waals surface area contributed by atoms with Crippen molar-refractivity contribution in [2.45, 2.75) is 0 Å². The summed E-state index contributed by atoms with van der Waals surface area (Å²) in [5.74, 6) is 0.951. The molecule has 0 atom stereocenters. The van der Waals surface area contributed by atoms with Crippen molar-refractivity contribution in [3.05, 3.63) is 57.8 Å². The predicted octanol–water partition coefficient (Wildman–Crippen LogP) is 3.95. The predicted molar refractivity (Wildman–Crippen MR) is 108 cm³/mol. The third kappa shape index (κ3) is 2.97. The van der Waals surface area contributed by atoms with Crippen molar-refractivity contribution in [1.82, 2.24) is 14.5 Å². The summed E-state index contributed by atoms with van der Waals surface area (Å²) in [4.78, 5) is 21.6. The minimum atomic E-state index is 0.0549. The van der Waals surface area contributed by atoms with Crippen LogP contribution in [-0.4, -0.2) is 46.5 Å². The maximum Gasteiger partial charge on any atom is 0.271 e. The van der Waals surface area contributed by atoms with Gasteiger partial charge in [-0.05, 0) is 34.1 Å². The van der Waals surface area contributed by atoms with Crippen LogP contribution in [0.4, 0.5) is 5.82 Å². The van der Waals surface area contributed by atoms with Gasteiger partial charge in [0.1, 0.15) is 11.5 Å². The van der Waals surface area contributed by atoms with E-state index in [9.17, 15) is 4.79 Å². The number of anilines is 1. The summed E-state index contributed by atoms with van der Waals surface area (Å²) in [5.41, 5.74) is 1.75. The van der Waals surface area contributed by atoms with E-state index in [1.165, 1.54) is 0 Å². The third-order valence-corrected chi connectivity index (χ3v) is 5.88. The molecular formula is C19H18BrClN4O. The molecule has 0 aliphatic carbocycles. The highest BCUT2D eigenvalue weighted by atomic mass is 79.9. The van der Waals surface area contributed by atoms with Gasteiger partial charge in [0, 0.05) is 50.3 Å². The number of rotatable bonds is 2. The van der Waals surface area contributed by atoms with E-state index in [0.717, 1.165) is 34.3 Å². The summed E-state index contributed by atoms with van der Waals surface area (Å²) >= 11 is 9.53. The lowest BCUT2D eigenvalue weighted by molar-refractivity contribution is 0.0736. The number of carbonyl (C=O) groups excluding carboxylic acids is 1. The summed E-state index contributed by atoms with van der Waals surface area (Å²) in [5, 5.41) is 1.69. The summed E-state index contributed by atoms with van der Waals surface area (Å²) in [6.45, 7) is 2.83. The van der Waals surface area contributed by atoms with Crippen molar-refractivity contribution in [3.8, 4) is 0 Å². The molecule has 7 heteroatoms. The van der Waals surface area contributed by atoms with Crippen molar-refractivity contribution >= 4 is 50.2 Å². The Labute approximate surface area is 165 Å². The molecule has 134 valence electrons. The Bertz CT molecular complexity index is 923. The molecule has 0 unspecified atom stereocenters. The highest BCUT2D eigenvalue weighted by molar-refractivity contribution is 9.10. The van der Waals surface area contributed by atoms with Crippen LogP contribution >= 0.6 is 27.5 Å². The highest BCUT2D eigenvalue weighted by Crippen LogP contribution is 2.31. The second-order valence-corrected chi connectivity index (χ2v) is 7.58. The molecule has 2 aromatic heterocycles. The molecule has 0 saturated carbocycles. The first kappa shape index (κ1) is 17.4. The molecule has 1 aliphatic rings. The van der Waals surface area contributed by atoms with E-state index in [4.69, 9.17) is 11.6 Å². The maximum atomic E-state index is 13.1. The van der Waals surface area contributed by atoms with Gasteiger partial charge in [-0.15, -0.1) is 0 Å². The van der Waals surface area contributed by atoms with E-state index < -0.39 is 0 Å². The smallest absolute Gasteiger partial charge is 0.271 e. The fourth-order valence-corrected chi connectivity index (χ4v) is 4.31. The number of pyridine rings is 1. The Kier molecular flexibility index (Phi) is 4.63. The molecule has 4 rings (SSSR count). The standard InChI is InChI=1S/C19H18BrClN4O/c1-23-15-5-3-2-4-14(15)17(20)18(23)19(26)25-10-8-24(9-11-25)16-7-6-13(21)12-22-16/h2-7,12H,8-11H2,1H3. The van der Waals surface area contributed by atoms with Crippen LogP contribution in [0.1, 0.15) is 10.5 Å². The second-order valence-electron chi connectivity index (χ2n) is 6.35. The molecule has 0 bridgehead atoms. The van der Waals surface area contributed by atoms with Crippen molar-refractivity contribution in [2.24, 2.45) is 7.05 Å². The zero-order chi connectivity index (χ0) is 18.3. The van der Waals surface area contributed by atoms with Gasteiger partial charge in [-0.2, -0.15) is 0 Å². The van der Waals surface area contributed by atoms with E-state index in [1.54, 1.807) is 6.20 Å². The summed E-state index contributed by atoms with van der Waals surface area (Å²) in [7, 11) is 1.94. The number of aromatic nitrogens is 2. The van der Waals surface area contributed by atoms with Crippen molar-refractivity contribution < 1.29 is 4.79 Å². The van der Waals surface area contributed by atoms with Crippen LogP contribution < -0.4 is 4.90 Å². The number of piperazine rings is 1. The molecular weight excluding hydrogens is 416 g/mol. The molecule has 1 saturated heterocycles. The number of fused-ring (bicyclic) bond motifs is 1. The average Bonchev–Trinajstić information content (AvgIpc) is 2.93. The van der Waals surface area contributed by atoms with Gasteiger partial charge in [-0.25, -0.2) is 4.98 Å². The normalized spacial score (nSPS) is 14.9. The second kappa shape index (κ2) is 6.93. The van der Waals surface area contributed by atoms with E-state index in [0.29, 0.717) is 23.8 Å². The van der Waals surface area contributed by atoms with Gasteiger partial charge in [0.15, 0.2) is 0 Å². The molecule has 0 radical (unpaired) electrons. The lowest BCUT2D eigenvalue weighted by Crippen LogP contribution is -2.49. The number of para-hydroxylation sites is 1. The Morgan fingerprint density at radius 2 is 1.85 bits per heavy atom. The lowest BCUT2D eigenvalue weighted by atomic mass is 10.2. The molecule has 3 heterocycles. The molecule has 5 nitrogen and oxygen atoms in total. The van der Waals surface area contributed by atoms with E-state index in [1.807, 2.05) is 52.9 Å². The number of hydrogen-bond acceptors (Lipinski definition) is 3. The molecule has 0 N–H and O–H groups in total. The minimum absolute atomic E-state index is 0.0549. The summed E-state index contributed by atoms with van der Waals surface area (Å²) in [6, 6.07) is 11.8. The van der Waals surface area contributed by atoms with Gasteiger partial charge < -0.3 is 14.4 Å². The number of aryl methyl sites for hydroxylation is 1. The molecule has 1 aliphatic heterocycles. The van der Waals surface area contributed by atoms with Gasteiger partial charge in [0.25, 0.3) is 5.91 Å². The molecule has 1 fully saturated rings. The number of halogens is 2. The Hall–Kier alpha value is -2.05. The fraction of sp³-hybridized carbons (Fsp3) is 0.263. The van der Waals surface area contributed by atoms with Crippen LogP contribution in [0.5, 0.6) is 0 Å². The van der Waals surface area contributed by atoms with E-state index in [2.05, 4.69) is 25.8 Å². The van der Waals surface area contributed by atoms with Crippen LogP contribution in [0.25, 0.3) is 10.9 Å². The minimum Gasteiger partial charge on any atom is -0.353 e. The van der Waals surface area contributed by atoms with Crippen molar-refractivity contribution in [3.63, 3.8) is 0 Å². The van der Waals surface area contributed by atoms with Gasteiger partial charge in [-0.1, -0.05) is 29.8 Å². The maximum absolute atomic E-state index is 13.1. The van der Waals surface area contributed by atoms with E-state index >= 15 is 0 Å². The monoisotopic (exact) mass is 432 g/mol. The molecule has 0 spiro atoms. The third-order valence-electron chi connectivity index (χ3n) is 4.85. The number of benzene rings is 1. The summed E-state index contributed by atoms with van der Waals surface area (Å²) in [6.07, 6.45) is 1.65. The first-order valence-corrected chi connectivity index (χ1v) is 9.62. The van der Waals surface area contributed by atoms with Crippen molar-refractivity contribution in [1.29, 1.82) is 0 Å². The largest absolute Gasteiger partial charge is 0.353 e. The van der Waals surface area contributed by atoms with Crippen LogP contribution in [0.3, 0.4) is 0 Å². The van der Waals surface area contributed by atoms with Crippen LogP contribution in [-0.2, 0) is 7.05 Å². The SMILES string of the molecule is Cn1c(C(=O)N2CCN(c3ccc(Cl)cn3)CC2)c(Br)c2ccccc21. The molecule has 26 heavy (non-hydrogen) atoms. The Morgan fingerprint density at radius 1 is 1.12 bits per heavy atom. The zero-order valence-corrected chi connectivity index (χ0v) is 16.7. The van der Waals surface area contributed by atoms with Crippen LogP contribution in [0.2, 0.25) is 5.02 Å². The van der Waals surface area contributed by atoms with Gasteiger partial charge in [-0.3, -0.25) is 4.79 Å². The number of hydrogen-bond donors (Lipinski definition) is 0. The average molecular weight is 434 g/mol. The lowest BCUT2D eigenvalue weighted by Gasteiger charge is -2.35. The van der Waals surface area contributed by atoms with Crippen LogP contribution in [0.15, 0.2) is 47.1 Å². The number of nitrogens with zero attached hydrogens (tertiary/aromatic N) is 4. The Morgan fingerprint density at radius 3 is 2.50 bits per heavy atom. The zero-order valence-electron chi connectivity index (χ0n) is 14.3. The number of carbonyl (C=O) groups is 1. The summed E-state index contributed by atoms with van der Waals surface area (Å²) < 4.78 is 2.83. The van der Waals surface area contributed by atoms with E-state index in [-0.39, 0.29) is 5.91 Å². The van der Waals surface area contributed by atoms with Gasteiger partial charge >= 0.3 is 0 Å². The molecule has 1 amide bonds. The highest BCUT2D eigenvalue weighted by Gasteiger charge is 2.27. The van der Waals surface area contributed by atoms with Crippen LogP contribution in [0, 0.1) is 0 Å². The number of amides is 1. The first-order chi connectivity index (χ1) is 12.6. The fourth-order valence-electron chi connectivity index (χ4n) is 3.43. The van der Waals surface area contributed by atoms with Gasteiger partial charge in [0.05, 0.1) is 9.50 Å². The van der Waals surface area contributed by atoms with Crippen molar-refractivity contribution in [2.75, 3.05) is 31.1 Å².